The van der Waals surface area contributed by atoms with Crippen molar-refractivity contribution in [2.45, 2.75) is 18.9 Å². The highest BCUT2D eigenvalue weighted by atomic mass is 35.5. The average molecular weight is 394 g/mol. The fourth-order valence-corrected chi connectivity index (χ4v) is 3.50. The standard InChI is InChI=1S/C18H14ClF2N3OS/c1-18(4-5-26-17(22)24-18)12-6-10(2-3-13(12)20)7-15(25)16-14(21)8-11(19)9-23-16/h2-6,8-9H,7H2,1H3,(H2,22,24)/t18-/m0/s1. The number of thioether (sulfide) groups is 1. The van der Waals surface area contributed by atoms with Crippen LogP contribution >= 0.6 is 23.4 Å². The third-order valence-corrected chi connectivity index (χ3v) is 4.75. The highest BCUT2D eigenvalue weighted by Crippen LogP contribution is 2.34. The van der Waals surface area contributed by atoms with Gasteiger partial charge in [-0.1, -0.05) is 29.4 Å². The fraction of sp³-hybridized carbons (Fsp3) is 0.167. The zero-order valence-electron chi connectivity index (χ0n) is 13.7. The lowest BCUT2D eigenvalue weighted by atomic mass is 9.90. The molecule has 1 atom stereocenters. The minimum Gasteiger partial charge on any atom is -0.378 e. The zero-order valence-corrected chi connectivity index (χ0v) is 15.2. The summed E-state index contributed by atoms with van der Waals surface area (Å²) in [5.74, 6) is -1.78. The van der Waals surface area contributed by atoms with Crippen LogP contribution in [0.4, 0.5) is 8.78 Å². The van der Waals surface area contributed by atoms with Gasteiger partial charge in [-0.15, -0.1) is 0 Å². The van der Waals surface area contributed by atoms with Gasteiger partial charge in [0.05, 0.1) is 5.02 Å². The molecule has 0 spiro atoms. The Labute approximate surface area is 158 Å². The predicted octanol–water partition coefficient (Wildman–Crippen LogP) is 4.23. The fourth-order valence-electron chi connectivity index (χ4n) is 2.64. The second-order valence-electron chi connectivity index (χ2n) is 5.92. The molecule has 8 heteroatoms. The van der Waals surface area contributed by atoms with Gasteiger partial charge in [-0.25, -0.2) is 18.8 Å². The highest BCUT2D eigenvalue weighted by molar-refractivity contribution is 8.16. The number of halogens is 3. The monoisotopic (exact) mass is 393 g/mol. The summed E-state index contributed by atoms with van der Waals surface area (Å²) < 4.78 is 28.2. The Hall–Kier alpha value is -2.25. The van der Waals surface area contributed by atoms with Crippen LogP contribution in [0.25, 0.3) is 0 Å². The molecule has 0 saturated heterocycles. The summed E-state index contributed by atoms with van der Waals surface area (Å²) in [6, 6.07) is 5.30. The number of nitrogens with two attached hydrogens (primary N) is 1. The minimum absolute atomic E-state index is 0.105. The first-order valence-electron chi connectivity index (χ1n) is 7.61. The van der Waals surface area contributed by atoms with Gasteiger partial charge in [0.2, 0.25) is 0 Å². The molecule has 1 aromatic heterocycles. The van der Waals surface area contributed by atoms with E-state index in [1.807, 2.05) is 0 Å². The number of benzene rings is 1. The van der Waals surface area contributed by atoms with Gasteiger partial charge in [-0.05, 0) is 42.2 Å². The van der Waals surface area contributed by atoms with Crippen LogP contribution in [0.2, 0.25) is 5.02 Å². The molecule has 0 amide bonds. The van der Waals surface area contributed by atoms with E-state index in [1.165, 1.54) is 36.2 Å². The van der Waals surface area contributed by atoms with Crippen molar-refractivity contribution in [1.29, 1.82) is 0 Å². The number of Topliss-reactive ketones (excluding diaryl/α,β-unsaturated/α-hetero) is 1. The van der Waals surface area contributed by atoms with E-state index in [-0.39, 0.29) is 22.7 Å². The van der Waals surface area contributed by atoms with E-state index in [1.54, 1.807) is 18.4 Å². The molecule has 0 saturated carbocycles. The van der Waals surface area contributed by atoms with Crippen molar-refractivity contribution >= 4 is 34.3 Å². The Morgan fingerprint density at radius 3 is 2.77 bits per heavy atom. The van der Waals surface area contributed by atoms with Gasteiger partial charge in [0.15, 0.2) is 16.8 Å². The number of aromatic nitrogens is 1. The van der Waals surface area contributed by atoms with Crippen LogP contribution < -0.4 is 5.73 Å². The summed E-state index contributed by atoms with van der Waals surface area (Å²) in [6.45, 7) is 1.72. The first-order valence-corrected chi connectivity index (χ1v) is 8.87. The molecule has 3 rings (SSSR count). The quantitative estimate of drug-likeness (QED) is 0.789. The molecule has 134 valence electrons. The average Bonchev–Trinajstić information content (AvgIpc) is 2.56. The molecule has 0 bridgehead atoms. The molecule has 2 heterocycles. The molecule has 2 N–H and O–H groups in total. The van der Waals surface area contributed by atoms with E-state index < -0.39 is 23.0 Å². The summed E-state index contributed by atoms with van der Waals surface area (Å²) >= 11 is 6.89. The zero-order chi connectivity index (χ0) is 18.9. The maximum Gasteiger partial charge on any atom is 0.188 e. The van der Waals surface area contributed by atoms with Gasteiger partial charge in [-0.2, -0.15) is 0 Å². The molecule has 4 nitrogen and oxygen atoms in total. The van der Waals surface area contributed by atoms with Gasteiger partial charge in [0.25, 0.3) is 0 Å². The van der Waals surface area contributed by atoms with Gasteiger partial charge in [-0.3, -0.25) is 4.79 Å². The van der Waals surface area contributed by atoms with Crippen molar-refractivity contribution in [3.8, 4) is 0 Å². The van der Waals surface area contributed by atoms with Crippen molar-refractivity contribution in [1.82, 2.24) is 4.98 Å². The van der Waals surface area contributed by atoms with Crippen LogP contribution in [-0.4, -0.2) is 15.9 Å². The summed E-state index contributed by atoms with van der Waals surface area (Å²) in [5.41, 5.74) is 5.27. The Balaban J connectivity index is 1.92. The highest BCUT2D eigenvalue weighted by Gasteiger charge is 2.29. The van der Waals surface area contributed by atoms with Crippen LogP contribution in [0, 0.1) is 11.6 Å². The SMILES string of the molecule is C[C@@]1(c2cc(CC(=O)c3ncc(Cl)cc3F)ccc2F)C=CSC(N)=N1. The molecular weight excluding hydrogens is 380 g/mol. The number of hydrogen-bond acceptors (Lipinski definition) is 5. The predicted molar refractivity (Wildman–Crippen MR) is 99.3 cm³/mol. The third kappa shape index (κ3) is 3.78. The van der Waals surface area contributed by atoms with E-state index in [9.17, 15) is 13.6 Å². The van der Waals surface area contributed by atoms with Crippen LogP contribution in [0.3, 0.4) is 0 Å². The molecule has 0 aliphatic carbocycles. The Morgan fingerprint density at radius 1 is 1.31 bits per heavy atom. The van der Waals surface area contributed by atoms with Gasteiger partial charge < -0.3 is 5.73 Å². The molecule has 1 aromatic carbocycles. The summed E-state index contributed by atoms with van der Waals surface area (Å²) in [4.78, 5) is 20.4. The lowest BCUT2D eigenvalue weighted by molar-refractivity contribution is 0.0984. The Morgan fingerprint density at radius 2 is 2.08 bits per heavy atom. The number of nitrogens with zero attached hydrogens (tertiary/aromatic N) is 2. The van der Waals surface area contributed by atoms with E-state index in [4.69, 9.17) is 17.3 Å². The van der Waals surface area contributed by atoms with Crippen molar-refractivity contribution in [3.63, 3.8) is 0 Å². The van der Waals surface area contributed by atoms with Crippen LogP contribution in [0.5, 0.6) is 0 Å². The Kier molecular flexibility index (Phi) is 5.11. The summed E-state index contributed by atoms with van der Waals surface area (Å²) in [5, 5.41) is 2.17. The van der Waals surface area contributed by atoms with Crippen molar-refractivity contribution in [2.75, 3.05) is 0 Å². The summed E-state index contributed by atoms with van der Waals surface area (Å²) in [6.07, 6.45) is 2.81. The lowest BCUT2D eigenvalue weighted by Gasteiger charge is -2.26. The molecule has 1 aliphatic rings. The summed E-state index contributed by atoms with van der Waals surface area (Å²) in [7, 11) is 0. The van der Waals surface area contributed by atoms with Crippen LogP contribution in [0.15, 0.2) is 46.9 Å². The molecule has 0 fully saturated rings. The minimum atomic E-state index is -0.970. The van der Waals surface area contributed by atoms with Crippen LogP contribution in [0.1, 0.15) is 28.5 Å². The molecule has 1 aliphatic heterocycles. The van der Waals surface area contributed by atoms with Gasteiger partial charge in [0.1, 0.15) is 17.1 Å². The number of aliphatic imine (C=N–C) groups is 1. The van der Waals surface area contributed by atoms with E-state index in [0.29, 0.717) is 10.7 Å². The van der Waals surface area contributed by atoms with E-state index >= 15 is 0 Å². The molecule has 2 aromatic rings. The normalized spacial score (nSPS) is 19.3. The molecular formula is C18H14ClF2N3OS. The van der Waals surface area contributed by atoms with Crippen molar-refractivity contribution < 1.29 is 13.6 Å². The number of ketones is 1. The second kappa shape index (κ2) is 7.17. The number of carbonyl (C=O) groups is 1. The van der Waals surface area contributed by atoms with Crippen molar-refractivity contribution in [2.24, 2.45) is 10.7 Å². The molecule has 0 unspecified atom stereocenters. The first-order chi connectivity index (χ1) is 12.3. The maximum atomic E-state index is 14.4. The van der Waals surface area contributed by atoms with Crippen molar-refractivity contribution in [3.05, 3.63) is 75.4 Å². The molecule has 26 heavy (non-hydrogen) atoms. The van der Waals surface area contributed by atoms with Crippen LogP contribution in [-0.2, 0) is 12.0 Å². The lowest BCUT2D eigenvalue weighted by Crippen LogP contribution is -2.25. The number of rotatable bonds is 4. The topological polar surface area (TPSA) is 68.3 Å². The molecule has 0 radical (unpaired) electrons. The van der Waals surface area contributed by atoms with Gasteiger partial charge >= 0.3 is 0 Å². The smallest absolute Gasteiger partial charge is 0.188 e. The second-order valence-corrected chi connectivity index (χ2v) is 7.28. The van der Waals surface area contributed by atoms with Gasteiger partial charge in [0, 0.05) is 18.2 Å². The first kappa shape index (κ1) is 18.5. The Bertz CT molecular complexity index is 948. The van der Waals surface area contributed by atoms with E-state index in [2.05, 4.69) is 9.98 Å². The number of hydrogen-bond donors (Lipinski definition) is 1. The largest absolute Gasteiger partial charge is 0.378 e. The van der Waals surface area contributed by atoms with E-state index in [0.717, 1.165) is 6.07 Å². The number of carbonyl (C=O) groups excluding carboxylic acids is 1. The number of amidine groups is 1. The third-order valence-electron chi connectivity index (χ3n) is 3.94. The maximum absolute atomic E-state index is 14.4. The number of pyridine rings is 1.